The second-order valence-electron chi connectivity index (χ2n) is 8.09. The van der Waals surface area contributed by atoms with Crippen molar-refractivity contribution in [2.75, 3.05) is 44.3 Å². The van der Waals surface area contributed by atoms with E-state index in [0.717, 1.165) is 39.7 Å². The molecule has 33 heavy (non-hydrogen) atoms. The molecule has 1 aliphatic heterocycles. The first-order valence-corrected chi connectivity index (χ1v) is 11.3. The van der Waals surface area contributed by atoms with Crippen LogP contribution in [-0.4, -0.2) is 60.4 Å². The lowest BCUT2D eigenvalue weighted by atomic mass is 10.1. The third-order valence-electron chi connectivity index (χ3n) is 5.97. The van der Waals surface area contributed by atoms with Crippen molar-refractivity contribution in [1.82, 2.24) is 15.1 Å². The van der Waals surface area contributed by atoms with Crippen molar-refractivity contribution >= 4 is 11.7 Å². The van der Waals surface area contributed by atoms with Gasteiger partial charge in [0.05, 0.1) is 12.3 Å². The van der Waals surface area contributed by atoms with E-state index in [1.807, 2.05) is 80.3 Å². The third kappa shape index (κ3) is 5.42. The standard InChI is InChI=1S/C26H30N4O3/c1-4-32-22-10-8-21(9-11-22)23-12-13-25(28-27-23)29-14-16-30(17-15-29)26(31)18-33-24-7-5-6-19(2)20(24)3/h5-13H,4,14-18H2,1-3H3. The lowest BCUT2D eigenvalue weighted by molar-refractivity contribution is -0.133. The van der Waals surface area contributed by atoms with Gasteiger partial charge in [-0.25, -0.2) is 0 Å². The van der Waals surface area contributed by atoms with Crippen molar-refractivity contribution in [2.45, 2.75) is 20.8 Å². The lowest BCUT2D eigenvalue weighted by Gasteiger charge is -2.35. The second-order valence-corrected chi connectivity index (χ2v) is 8.09. The fourth-order valence-electron chi connectivity index (χ4n) is 3.83. The number of ether oxygens (including phenoxy) is 2. The number of hydrogen-bond acceptors (Lipinski definition) is 6. The maximum Gasteiger partial charge on any atom is 0.260 e. The molecule has 0 spiro atoms. The Balaban J connectivity index is 1.29. The van der Waals surface area contributed by atoms with Gasteiger partial charge in [0.15, 0.2) is 12.4 Å². The quantitative estimate of drug-likeness (QED) is 0.549. The van der Waals surface area contributed by atoms with Crippen LogP contribution in [0, 0.1) is 13.8 Å². The number of aromatic nitrogens is 2. The number of anilines is 1. The smallest absolute Gasteiger partial charge is 0.260 e. The first-order valence-electron chi connectivity index (χ1n) is 11.3. The second kappa shape index (κ2) is 10.3. The zero-order chi connectivity index (χ0) is 23.2. The summed E-state index contributed by atoms with van der Waals surface area (Å²) in [5, 5.41) is 8.82. The Bertz CT molecular complexity index is 1080. The highest BCUT2D eigenvalue weighted by molar-refractivity contribution is 5.78. The number of aryl methyl sites for hydroxylation is 1. The summed E-state index contributed by atoms with van der Waals surface area (Å²) in [6.45, 7) is 9.42. The summed E-state index contributed by atoms with van der Waals surface area (Å²) in [5.41, 5.74) is 4.04. The van der Waals surface area contributed by atoms with Crippen LogP contribution in [-0.2, 0) is 4.79 Å². The molecule has 0 atom stereocenters. The highest BCUT2D eigenvalue weighted by Crippen LogP contribution is 2.23. The van der Waals surface area contributed by atoms with Crippen LogP contribution in [0.5, 0.6) is 11.5 Å². The molecule has 0 unspecified atom stereocenters. The fourth-order valence-corrected chi connectivity index (χ4v) is 3.83. The summed E-state index contributed by atoms with van der Waals surface area (Å²) in [6.07, 6.45) is 0. The molecular formula is C26H30N4O3. The maximum atomic E-state index is 12.6. The van der Waals surface area contributed by atoms with Crippen molar-refractivity contribution in [2.24, 2.45) is 0 Å². The van der Waals surface area contributed by atoms with Gasteiger partial charge in [-0.15, -0.1) is 10.2 Å². The van der Waals surface area contributed by atoms with Crippen LogP contribution in [0.4, 0.5) is 5.82 Å². The Morgan fingerprint density at radius 2 is 1.67 bits per heavy atom. The zero-order valence-electron chi connectivity index (χ0n) is 19.5. The average Bonchev–Trinajstić information content (AvgIpc) is 2.86. The number of carbonyl (C=O) groups is 1. The molecule has 2 heterocycles. The van der Waals surface area contributed by atoms with Crippen LogP contribution in [0.3, 0.4) is 0 Å². The van der Waals surface area contributed by atoms with E-state index in [9.17, 15) is 4.79 Å². The van der Waals surface area contributed by atoms with Gasteiger partial charge in [-0.2, -0.15) is 0 Å². The molecule has 0 N–H and O–H groups in total. The minimum absolute atomic E-state index is 0.00693. The van der Waals surface area contributed by atoms with Crippen LogP contribution in [0.1, 0.15) is 18.1 Å². The molecule has 1 aliphatic rings. The molecular weight excluding hydrogens is 416 g/mol. The summed E-state index contributed by atoms with van der Waals surface area (Å²) in [6, 6.07) is 17.7. The number of nitrogens with zero attached hydrogens (tertiary/aromatic N) is 4. The number of carbonyl (C=O) groups excluding carboxylic acids is 1. The minimum Gasteiger partial charge on any atom is -0.494 e. The molecule has 4 rings (SSSR count). The van der Waals surface area contributed by atoms with Crippen LogP contribution in [0.25, 0.3) is 11.3 Å². The molecule has 0 bridgehead atoms. The molecule has 7 heteroatoms. The summed E-state index contributed by atoms with van der Waals surface area (Å²) >= 11 is 0. The summed E-state index contributed by atoms with van der Waals surface area (Å²) in [7, 11) is 0. The van der Waals surface area contributed by atoms with Gasteiger partial charge in [0, 0.05) is 31.7 Å². The number of rotatable bonds is 7. The van der Waals surface area contributed by atoms with E-state index < -0.39 is 0 Å². The van der Waals surface area contributed by atoms with Gasteiger partial charge in [-0.05, 0) is 74.4 Å². The largest absolute Gasteiger partial charge is 0.494 e. The van der Waals surface area contributed by atoms with Crippen molar-refractivity contribution in [3.8, 4) is 22.8 Å². The fraction of sp³-hybridized carbons (Fsp3) is 0.346. The Kier molecular flexibility index (Phi) is 7.07. The van der Waals surface area contributed by atoms with E-state index in [1.165, 1.54) is 0 Å². The van der Waals surface area contributed by atoms with Crippen LogP contribution in [0.15, 0.2) is 54.6 Å². The molecule has 1 aromatic heterocycles. The Morgan fingerprint density at radius 3 is 2.33 bits per heavy atom. The van der Waals surface area contributed by atoms with Gasteiger partial charge in [-0.1, -0.05) is 12.1 Å². The maximum absolute atomic E-state index is 12.6. The number of amides is 1. The highest BCUT2D eigenvalue weighted by Gasteiger charge is 2.22. The van der Waals surface area contributed by atoms with Gasteiger partial charge < -0.3 is 19.3 Å². The third-order valence-corrected chi connectivity index (χ3v) is 5.97. The van der Waals surface area contributed by atoms with E-state index in [-0.39, 0.29) is 12.5 Å². The Morgan fingerprint density at radius 1 is 0.909 bits per heavy atom. The van der Waals surface area contributed by atoms with E-state index in [1.54, 1.807) is 0 Å². The topological polar surface area (TPSA) is 67.8 Å². The van der Waals surface area contributed by atoms with Gasteiger partial charge in [-0.3, -0.25) is 4.79 Å². The van der Waals surface area contributed by atoms with Gasteiger partial charge in [0.1, 0.15) is 11.5 Å². The predicted octanol–water partition coefficient (Wildman–Crippen LogP) is 3.89. The van der Waals surface area contributed by atoms with E-state index in [0.29, 0.717) is 32.8 Å². The SMILES string of the molecule is CCOc1ccc(-c2ccc(N3CCN(C(=O)COc4cccc(C)c4C)CC3)nn2)cc1. The molecule has 2 aromatic carbocycles. The molecule has 0 radical (unpaired) electrons. The average molecular weight is 447 g/mol. The van der Waals surface area contributed by atoms with Gasteiger partial charge in [0.2, 0.25) is 0 Å². The molecule has 1 fully saturated rings. The van der Waals surface area contributed by atoms with Crippen LogP contribution < -0.4 is 14.4 Å². The lowest BCUT2D eigenvalue weighted by Crippen LogP contribution is -2.50. The van der Waals surface area contributed by atoms with E-state index in [2.05, 4.69) is 15.1 Å². The monoisotopic (exact) mass is 446 g/mol. The summed E-state index contributed by atoms with van der Waals surface area (Å²) < 4.78 is 11.3. The van der Waals surface area contributed by atoms with Crippen LogP contribution in [0.2, 0.25) is 0 Å². The van der Waals surface area contributed by atoms with Crippen LogP contribution >= 0.6 is 0 Å². The molecule has 0 aliphatic carbocycles. The Hall–Kier alpha value is -3.61. The molecule has 1 saturated heterocycles. The van der Waals surface area contributed by atoms with E-state index >= 15 is 0 Å². The Labute approximate surface area is 195 Å². The predicted molar refractivity (Wildman–Crippen MR) is 129 cm³/mol. The van der Waals surface area contributed by atoms with Crippen molar-refractivity contribution < 1.29 is 14.3 Å². The molecule has 172 valence electrons. The number of hydrogen-bond donors (Lipinski definition) is 0. The molecule has 7 nitrogen and oxygen atoms in total. The summed E-state index contributed by atoms with van der Waals surface area (Å²) in [4.78, 5) is 16.6. The minimum atomic E-state index is 0.00693. The molecule has 1 amide bonds. The van der Waals surface area contributed by atoms with Crippen molar-refractivity contribution in [1.29, 1.82) is 0 Å². The number of benzene rings is 2. The first-order chi connectivity index (χ1) is 16.0. The molecule has 3 aromatic rings. The zero-order valence-corrected chi connectivity index (χ0v) is 19.5. The van der Waals surface area contributed by atoms with Crippen molar-refractivity contribution in [3.05, 3.63) is 65.7 Å². The number of piperazine rings is 1. The highest BCUT2D eigenvalue weighted by atomic mass is 16.5. The normalized spacial score (nSPS) is 13.7. The summed E-state index contributed by atoms with van der Waals surface area (Å²) in [5.74, 6) is 2.44. The van der Waals surface area contributed by atoms with Crippen molar-refractivity contribution in [3.63, 3.8) is 0 Å². The van der Waals surface area contributed by atoms with Gasteiger partial charge >= 0.3 is 0 Å². The first kappa shape index (κ1) is 22.6. The molecule has 0 saturated carbocycles. The van der Waals surface area contributed by atoms with E-state index in [4.69, 9.17) is 9.47 Å². The van der Waals surface area contributed by atoms with Gasteiger partial charge in [0.25, 0.3) is 5.91 Å².